The molecule has 0 aliphatic carbocycles. The van der Waals surface area contributed by atoms with Gasteiger partial charge in [-0.1, -0.05) is 127 Å². The van der Waals surface area contributed by atoms with E-state index in [1.807, 2.05) is 0 Å². The van der Waals surface area contributed by atoms with Crippen molar-refractivity contribution in [2.24, 2.45) is 0 Å². The molecule has 0 bridgehead atoms. The maximum atomic E-state index is 3.89. The van der Waals surface area contributed by atoms with E-state index in [4.69, 9.17) is 0 Å². The third-order valence-electron chi connectivity index (χ3n) is 9.37. The third-order valence-corrected chi connectivity index (χ3v) is 9.37. The van der Waals surface area contributed by atoms with Crippen LogP contribution in [0.15, 0.2) is 151 Å². The van der Waals surface area contributed by atoms with Crippen molar-refractivity contribution in [3.63, 3.8) is 0 Å². The summed E-state index contributed by atoms with van der Waals surface area (Å²) in [6.07, 6.45) is 4.43. The van der Waals surface area contributed by atoms with Crippen molar-refractivity contribution >= 4 is 49.2 Å². The molecular weight excluding hydrogens is 550 g/mol. The van der Waals surface area contributed by atoms with E-state index in [1.54, 1.807) is 0 Å². The Bertz CT molecular complexity index is 2270. The summed E-state index contributed by atoms with van der Waals surface area (Å²) >= 11 is 0. The lowest BCUT2D eigenvalue weighted by Gasteiger charge is -2.41. The lowest BCUT2D eigenvalue weighted by Crippen LogP contribution is -2.60. The molecule has 1 saturated heterocycles. The standard InChI is InChI=1S/C40H33N5/c1-2-13-28(14-3-1)38-42-39(44-40(43-38)32-19-10-15-26-11-4-6-16-30(26)32)29-22-24-36(41-25-29)45-34-20-9-8-18-33(34)37-31-17-7-5-12-27(31)21-23-35(37)45/h1-24,38-44H,25H2. The highest BCUT2D eigenvalue weighted by atomic mass is 15.4. The quantitative estimate of drug-likeness (QED) is 0.170. The molecule has 9 rings (SSSR count). The summed E-state index contributed by atoms with van der Waals surface area (Å²) in [5.41, 5.74) is 6.14. The monoisotopic (exact) mass is 583 g/mol. The van der Waals surface area contributed by atoms with E-state index in [2.05, 4.69) is 171 Å². The van der Waals surface area contributed by atoms with Gasteiger partial charge in [0.05, 0.1) is 29.5 Å². The molecule has 7 aromatic rings. The first kappa shape index (κ1) is 26.2. The fourth-order valence-electron chi connectivity index (χ4n) is 7.23. The molecule has 1 fully saturated rings. The van der Waals surface area contributed by atoms with E-state index in [0.29, 0.717) is 0 Å². The number of aromatic nitrogens is 1. The van der Waals surface area contributed by atoms with Crippen LogP contribution in [0.1, 0.15) is 23.5 Å². The Morgan fingerprint density at radius 1 is 0.489 bits per heavy atom. The molecule has 3 heterocycles. The molecular formula is C40H33N5. The normalized spacial score (nSPS) is 20.3. The van der Waals surface area contributed by atoms with Crippen molar-refractivity contribution in [1.82, 2.24) is 25.8 Å². The van der Waals surface area contributed by atoms with Crippen LogP contribution in [0.3, 0.4) is 0 Å². The Balaban J connectivity index is 1.12. The average molecular weight is 584 g/mol. The minimum atomic E-state index is -0.0375. The highest BCUT2D eigenvalue weighted by Crippen LogP contribution is 2.37. The lowest BCUT2D eigenvalue weighted by molar-refractivity contribution is 0.221. The summed E-state index contributed by atoms with van der Waals surface area (Å²) < 4.78 is 2.37. The smallest absolute Gasteiger partial charge is 0.111 e. The predicted molar refractivity (Wildman–Crippen MR) is 186 cm³/mol. The number of hydrogen-bond acceptors (Lipinski definition) is 4. The first-order chi connectivity index (χ1) is 22.3. The van der Waals surface area contributed by atoms with Crippen LogP contribution in [0.5, 0.6) is 0 Å². The number of para-hydroxylation sites is 1. The van der Waals surface area contributed by atoms with Gasteiger partial charge >= 0.3 is 0 Å². The zero-order valence-electron chi connectivity index (χ0n) is 24.7. The Kier molecular flexibility index (Phi) is 6.27. The van der Waals surface area contributed by atoms with Crippen molar-refractivity contribution < 1.29 is 0 Å². The number of nitrogens with one attached hydrogen (secondary N) is 4. The second kappa shape index (κ2) is 10.8. The molecule has 3 unspecified atom stereocenters. The minimum Gasteiger partial charge on any atom is -0.367 e. The fourth-order valence-corrected chi connectivity index (χ4v) is 7.23. The SMILES string of the molecule is C1=C(C2NC(c3ccccc3)NC(c3cccc4ccccc34)N2)CNC(n2c3ccccc3c3c4ccccc4ccc32)=C1. The average Bonchev–Trinajstić information content (AvgIpc) is 3.46. The summed E-state index contributed by atoms with van der Waals surface area (Å²) in [5, 5.41) is 23.0. The van der Waals surface area contributed by atoms with E-state index >= 15 is 0 Å². The molecule has 4 N–H and O–H groups in total. The van der Waals surface area contributed by atoms with Gasteiger partial charge < -0.3 is 5.32 Å². The van der Waals surface area contributed by atoms with Crippen molar-refractivity contribution in [2.45, 2.75) is 18.5 Å². The van der Waals surface area contributed by atoms with Crippen LogP contribution in [0.2, 0.25) is 0 Å². The molecule has 0 radical (unpaired) electrons. The largest absolute Gasteiger partial charge is 0.367 e. The van der Waals surface area contributed by atoms with E-state index in [0.717, 1.165) is 12.4 Å². The lowest BCUT2D eigenvalue weighted by atomic mass is 9.99. The Morgan fingerprint density at radius 2 is 1.16 bits per heavy atom. The number of fused-ring (bicyclic) bond motifs is 6. The van der Waals surface area contributed by atoms with Crippen LogP contribution in [-0.4, -0.2) is 17.3 Å². The molecule has 5 nitrogen and oxygen atoms in total. The van der Waals surface area contributed by atoms with E-state index in [1.165, 1.54) is 60.1 Å². The zero-order valence-corrected chi connectivity index (χ0v) is 24.7. The van der Waals surface area contributed by atoms with Gasteiger partial charge in [0.1, 0.15) is 5.82 Å². The number of benzene rings is 6. The fraction of sp³-hybridized carbons (Fsp3) is 0.100. The van der Waals surface area contributed by atoms with Gasteiger partial charge in [-0.05, 0) is 56.5 Å². The van der Waals surface area contributed by atoms with Gasteiger partial charge in [0, 0.05) is 17.3 Å². The molecule has 3 atom stereocenters. The minimum absolute atomic E-state index is 0.0155. The van der Waals surface area contributed by atoms with Crippen LogP contribution < -0.4 is 21.3 Å². The van der Waals surface area contributed by atoms with Gasteiger partial charge in [-0.2, -0.15) is 0 Å². The summed E-state index contributed by atoms with van der Waals surface area (Å²) in [6, 6.07) is 47.7. The first-order valence-electron chi connectivity index (χ1n) is 15.7. The van der Waals surface area contributed by atoms with Crippen molar-refractivity contribution in [1.29, 1.82) is 0 Å². The number of hydrogen-bond donors (Lipinski definition) is 4. The van der Waals surface area contributed by atoms with Gasteiger partial charge in [0.15, 0.2) is 0 Å². The molecule has 0 amide bonds. The van der Waals surface area contributed by atoms with Gasteiger partial charge in [-0.25, -0.2) is 0 Å². The van der Waals surface area contributed by atoms with E-state index in [9.17, 15) is 0 Å². The molecule has 6 aromatic carbocycles. The Labute approximate surface area is 261 Å². The van der Waals surface area contributed by atoms with Crippen molar-refractivity contribution in [3.8, 4) is 0 Å². The molecule has 0 saturated carbocycles. The molecule has 2 aliphatic rings. The van der Waals surface area contributed by atoms with E-state index in [-0.39, 0.29) is 18.5 Å². The van der Waals surface area contributed by atoms with Crippen LogP contribution in [-0.2, 0) is 0 Å². The van der Waals surface area contributed by atoms with Gasteiger partial charge in [-0.3, -0.25) is 20.5 Å². The maximum Gasteiger partial charge on any atom is 0.111 e. The third kappa shape index (κ3) is 4.44. The topological polar surface area (TPSA) is 53.0 Å². The van der Waals surface area contributed by atoms with Crippen molar-refractivity contribution in [2.75, 3.05) is 6.54 Å². The van der Waals surface area contributed by atoms with Crippen LogP contribution in [0, 0.1) is 0 Å². The van der Waals surface area contributed by atoms with Crippen LogP contribution in [0.25, 0.3) is 49.2 Å². The van der Waals surface area contributed by atoms with Crippen LogP contribution in [0.4, 0.5) is 0 Å². The Hall–Kier alpha value is -5.20. The summed E-state index contributed by atoms with van der Waals surface area (Å²) in [6.45, 7) is 0.724. The van der Waals surface area contributed by atoms with Gasteiger partial charge in [0.2, 0.25) is 0 Å². The second-order valence-electron chi connectivity index (χ2n) is 12.0. The summed E-state index contributed by atoms with van der Waals surface area (Å²) in [5.74, 6) is 1.08. The number of nitrogens with zero attached hydrogens (tertiary/aromatic N) is 1. The summed E-state index contributed by atoms with van der Waals surface area (Å²) in [7, 11) is 0. The molecule has 218 valence electrons. The molecule has 2 aliphatic heterocycles. The first-order valence-corrected chi connectivity index (χ1v) is 15.7. The number of dihydropyridines is 1. The molecule has 1 aromatic heterocycles. The van der Waals surface area contributed by atoms with E-state index < -0.39 is 0 Å². The predicted octanol–water partition coefficient (Wildman–Crippen LogP) is 7.94. The molecule has 0 spiro atoms. The number of allylic oxidation sites excluding steroid dienone is 2. The highest BCUT2D eigenvalue weighted by molar-refractivity contribution is 6.21. The Morgan fingerprint density at radius 3 is 1.98 bits per heavy atom. The van der Waals surface area contributed by atoms with Crippen molar-refractivity contribution in [3.05, 3.63) is 162 Å². The molecule has 45 heavy (non-hydrogen) atoms. The maximum absolute atomic E-state index is 3.89. The zero-order chi connectivity index (χ0) is 29.7. The second-order valence-corrected chi connectivity index (χ2v) is 12.0. The summed E-state index contributed by atoms with van der Waals surface area (Å²) in [4.78, 5) is 0. The van der Waals surface area contributed by atoms with Crippen LogP contribution >= 0.6 is 0 Å². The molecule has 5 heteroatoms. The van der Waals surface area contributed by atoms with Gasteiger partial charge in [-0.15, -0.1) is 0 Å². The van der Waals surface area contributed by atoms with Gasteiger partial charge in [0.25, 0.3) is 0 Å². The number of rotatable bonds is 4. The highest BCUT2D eigenvalue weighted by Gasteiger charge is 2.32.